The summed E-state index contributed by atoms with van der Waals surface area (Å²) in [7, 11) is 0. The summed E-state index contributed by atoms with van der Waals surface area (Å²) in [5, 5.41) is 3.24. The number of unbranched alkanes of at least 4 members (excludes halogenated alkanes) is 2. The number of hydrogen-bond donors (Lipinski definition) is 1. The highest BCUT2D eigenvalue weighted by molar-refractivity contribution is 6.01. The Morgan fingerprint density at radius 2 is 1.81 bits per heavy atom. The van der Waals surface area contributed by atoms with Gasteiger partial charge in [0, 0.05) is 31.4 Å². The molecule has 1 aliphatic heterocycles. The Labute approximate surface area is 123 Å². The number of hydroxylamine groups is 2. The first-order valence-corrected chi connectivity index (χ1v) is 6.92. The summed E-state index contributed by atoms with van der Waals surface area (Å²) in [5.41, 5.74) is 0.457. The van der Waals surface area contributed by atoms with Gasteiger partial charge in [-0.3, -0.25) is 14.4 Å². The molecule has 1 aliphatic rings. The van der Waals surface area contributed by atoms with Crippen LogP contribution in [0.2, 0.25) is 0 Å². The predicted octanol–water partition coefficient (Wildman–Crippen LogP) is 0.846. The van der Waals surface area contributed by atoms with Crippen molar-refractivity contribution < 1.29 is 24.0 Å². The van der Waals surface area contributed by atoms with Gasteiger partial charge in [-0.25, -0.2) is 4.79 Å². The third kappa shape index (κ3) is 5.76. The first-order valence-electron chi connectivity index (χ1n) is 6.92. The monoisotopic (exact) mass is 296 g/mol. The van der Waals surface area contributed by atoms with E-state index in [2.05, 4.69) is 11.9 Å². The van der Waals surface area contributed by atoms with E-state index < -0.39 is 17.8 Å². The van der Waals surface area contributed by atoms with Gasteiger partial charge in [0.05, 0.1) is 0 Å². The second-order valence-corrected chi connectivity index (χ2v) is 4.89. The molecule has 7 nitrogen and oxygen atoms in total. The number of nitrogens with one attached hydrogen (secondary N) is 1. The van der Waals surface area contributed by atoms with Crippen molar-refractivity contribution in [1.29, 1.82) is 0 Å². The van der Waals surface area contributed by atoms with E-state index in [0.717, 1.165) is 12.8 Å². The van der Waals surface area contributed by atoms with Crippen LogP contribution in [0.5, 0.6) is 0 Å². The van der Waals surface area contributed by atoms with Crippen LogP contribution in [0.25, 0.3) is 0 Å². The number of hydrogen-bond acceptors (Lipinski definition) is 5. The molecule has 0 radical (unpaired) electrons. The van der Waals surface area contributed by atoms with Crippen LogP contribution >= 0.6 is 0 Å². The van der Waals surface area contributed by atoms with Crippen LogP contribution in [0, 0.1) is 0 Å². The SMILES string of the molecule is C=C(C)C(=O)NCCCCCC(=O)ON1C(=O)CCC1=O. The Kier molecular flexibility index (Phi) is 6.58. The molecule has 1 heterocycles. The Hall–Kier alpha value is -2.18. The van der Waals surface area contributed by atoms with E-state index in [4.69, 9.17) is 4.84 Å². The number of carbonyl (C=O) groups excluding carboxylic acids is 4. The predicted molar refractivity (Wildman–Crippen MR) is 73.5 cm³/mol. The average molecular weight is 296 g/mol. The third-order valence-electron chi connectivity index (χ3n) is 2.93. The summed E-state index contributed by atoms with van der Waals surface area (Å²) in [4.78, 5) is 49.9. The lowest BCUT2D eigenvalue weighted by Gasteiger charge is -2.12. The number of imide groups is 1. The summed E-state index contributed by atoms with van der Waals surface area (Å²) in [6.07, 6.45) is 2.34. The van der Waals surface area contributed by atoms with Crippen LogP contribution < -0.4 is 5.32 Å². The Morgan fingerprint density at radius 3 is 2.38 bits per heavy atom. The van der Waals surface area contributed by atoms with E-state index in [1.165, 1.54) is 0 Å². The van der Waals surface area contributed by atoms with E-state index in [0.29, 0.717) is 23.6 Å². The number of nitrogens with zero attached hydrogens (tertiary/aromatic N) is 1. The molecule has 0 unspecified atom stereocenters. The average Bonchev–Trinajstić information content (AvgIpc) is 2.74. The number of carbonyl (C=O) groups is 4. The maximum absolute atomic E-state index is 11.5. The topological polar surface area (TPSA) is 92.8 Å². The van der Waals surface area contributed by atoms with Gasteiger partial charge in [0.1, 0.15) is 0 Å². The fraction of sp³-hybridized carbons (Fsp3) is 0.571. The molecule has 7 heteroatoms. The molecule has 0 aromatic carbocycles. The van der Waals surface area contributed by atoms with Crippen LogP contribution in [-0.4, -0.2) is 35.3 Å². The minimum Gasteiger partial charge on any atom is -0.352 e. The van der Waals surface area contributed by atoms with Crippen LogP contribution in [-0.2, 0) is 24.0 Å². The summed E-state index contributed by atoms with van der Waals surface area (Å²) in [6, 6.07) is 0. The van der Waals surface area contributed by atoms with E-state index in [1.807, 2.05) is 0 Å². The molecular formula is C14H20N2O5. The second-order valence-electron chi connectivity index (χ2n) is 4.89. The Morgan fingerprint density at radius 1 is 1.19 bits per heavy atom. The second kappa shape index (κ2) is 8.18. The van der Waals surface area contributed by atoms with Crippen molar-refractivity contribution in [3.8, 4) is 0 Å². The molecule has 0 saturated carbocycles. The molecule has 0 bridgehead atoms. The first-order chi connectivity index (χ1) is 9.91. The normalized spacial score (nSPS) is 14.2. The summed E-state index contributed by atoms with van der Waals surface area (Å²) in [5.74, 6) is -1.73. The molecule has 1 N–H and O–H groups in total. The first kappa shape index (κ1) is 16.9. The van der Waals surface area contributed by atoms with E-state index >= 15 is 0 Å². The van der Waals surface area contributed by atoms with Crippen molar-refractivity contribution in [2.75, 3.05) is 6.54 Å². The van der Waals surface area contributed by atoms with Crippen LogP contribution in [0.15, 0.2) is 12.2 Å². The van der Waals surface area contributed by atoms with Gasteiger partial charge in [0.15, 0.2) is 0 Å². The zero-order valence-electron chi connectivity index (χ0n) is 12.1. The van der Waals surface area contributed by atoms with E-state index in [1.54, 1.807) is 6.92 Å². The summed E-state index contributed by atoms with van der Waals surface area (Å²) in [6.45, 7) is 5.67. The zero-order chi connectivity index (χ0) is 15.8. The Balaban J connectivity index is 2.09. The van der Waals surface area contributed by atoms with Crippen molar-refractivity contribution in [2.24, 2.45) is 0 Å². The lowest BCUT2D eigenvalue weighted by Crippen LogP contribution is -2.31. The van der Waals surface area contributed by atoms with Crippen molar-refractivity contribution in [2.45, 2.75) is 45.4 Å². The van der Waals surface area contributed by atoms with Crippen LogP contribution in [0.3, 0.4) is 0 Å². The highest BCUT2D eigenvalue weighted by atomic mass is 16.7. The summed E-state index contributed by atoms with van der Waals surface area (Å²) < 4.78 is 0. The van der Waals surface area contributed by atoms with Crippen molar-refractivity contribution in [1.82, 2.24) is 10.4 Å². The third-order valence-corrected chi connectivity index (χ3v) is 2.93. The van der Waals surface area contributed by atoms with Gasteiger partial charge in [-0.2, -0.15) is 0 Å². The molecule has 21 heavy (non-hydrogen) atoms. The minimum atomic E-state index is -0.593. The molecule has 0 atom stereocenters. The van der Waals surface area contributed by atoms with Gasteiger partial charge in [-0.15, -0.1) is 5.06 Å². The van der Waals surface area contributed by atoms with Crippen molar-refractivity contribution >= 4 is 23.7 Å². The fourth-order valence-corrected chi connectivity index (χ4v) is 1.73. The standard InChI is InChI=1S/C14H20N2O5/c1-10(2)14(20)15-9-5-3-4-6-13(19)21-16-11(17)7-8-12(16)18/h1,3-9H2,2H3,(H,15,20). The van der Waals surface area contributed by atoms with Gasteiger partial charge < -0.3 is 10.2 Å². The molecule has 0 aromatic heterocycles. The lowest BCUT2D eigenvalue weighted by molar-refractivity contribution is -0.197. The van der Waals surface area contributed by atoms with Crippen molar-refractivity contribution in [3.05, 3.63) is 12.2 Å². The van der Waals surface area contributed by atoms with E-state index in [9.17, 15) is 19.2 Å². The van der Waals surface area contributed by atoms with Crippen LogP contribution in [0.4, 0.5) is 0 Å². The van der Waals surface area contributed by atoms with E-state index in [-0.39, 0.29) is 25.2 Å². The number of amides is 3. The molecule has 0 spiro atoms. The lowest BCUT2D eigenvalue weighted by atomic mass is 10.2. The zero-order valence-corrected chi connectivity index (χ0v) is 12.1. The smallest absolute Gasteiger partial charge is 0.333 e. The van der Waals surface area contributed by atoms with Crippen molar-refractivity contribution in [3.63, 3.8) is 0 Å². The minimum absolute atomic E-state index is 0.0918. The molecule has 0 aliphatic carbocycles. The molecular weight excluding hydrogens is 276 g/mol. The molecule has 3 amide bonds. The highest BCUT2D eigenvalue weighted by Gasteiger charge is 2.32. The van der Waals surface area contributed by atoms with Crippen LogP contribution in [0.1, 0.15) is 45.4 Å². The quantitative estimate of drug-likeness (QED) is 0.407. The molecule has 1 fully saturated rings. The maximum atomic E-state index is 11.5. The highest BCUT2D eigenvalue weighted by Crippen LogP contribution is 2.13. The molecule has 116 valence electrons. The fourth-order valence-electron chi connectivity index (χ4n) is 1.73. The van der Waals surface area contributed by atoms with Gasteiger partial charge in [-0.1, -0.05) is 13.0 Å². The molecule has 1 rings (SSSR count). The number of rotatable bonds is 8. The largest absolute Gasteiger partial charge is 0.352 e. The van der Waals surface area contributed by atoms with Gasteiger partial charge in [0.25, 0.3) is 11.8 Å². The van der Waals surface area contributed by atoms with Gasteiger partial charge >= 0.3 is 5.97 Å². The summed E-state index contributed by atoms with van der Waals surface area (Å²) >= 11 is 0. The van der Waals surface area contributed by atoms with Gasteiger partial charge in [-0.05, 0) is 19.8 Å². The maximum Gasteiger partial charge on any atom is 0.333 e. The van der Waals surface area contributed by atoms with Gasteiger partial charge in [0.2, 0.25) is 5.91 Å². The molecule has 0 aromatic rings. The Bertz CT molecular complexity index is 442. The molecule has 1 saturated heterocycles.